The van der Waals surface area contributed by atoms with Crippen LogP contribution >= 0.6 is 11.8 Å². The quantitative estimate of drug-likeness (QED) is 0.645. The van der Waals surface area contributed by atoms with E-state index in [1.807, 2.05) is 54.6 Å². The van der Waals surface area contributed by atoms with Crippen LogP contribution in [0.25, 0.3) is 6.08 Å². The zero-order valence-corrected chi connectivity index (χ0v) is 17.7. The molecule has 2 aromatic carbocycles. The molecule has 2 fully saturated rings. The van der Waals surface area contributed by atoms with E-state index in [-0.39, 0.29) is 12.5 Å². The van der Waals surface area contributed by atoms with Crippen LogP contribution in [-0.2, 0) is 20.9 Å². The highest BCUT2D eigenvalue weighted by atomic mass is 32.2. The molecule has 2 saturated heterocycles. The molecule has 0 N–H and O–H groups in total. The van der Waals surface area contributed by atoms with Crippen molar-refractivity contribution in [3.63, 3.8) is 0 Å². The third-order valence-corrected chi connectivity index (χ3v) is 5.86. The Bertz CT molecular complexity index is 985. The number of hydrogen-bond acceptors (Lipinski definition) is 6. The summed E-state index contributed by atoms with van der Waals surface area (Å²) < 4.78 is 11.0. The van der Waals surface area contributed by atoms with E-state index in [4.69, 9.17) is 9.47 Å². The zero-order valence-electron chi connectivity index (χ0n) is 16.9. The van der Waals surface area contributed by atoms with Gasteiger partial charge in [0.2, 0.25) is 5.91 Å². The number of morpholine rings is 1. The maximum Gasteiger partial charge on any atom is 0.294 e. The first-order chi connectivity index (χ1) is 15.1. The van der Waals surface area contributed by atoms with Gasteiger partial charge in [-0.05, 0) is 41.1 Å². The van der Waals surface area contributed by atoms with Crippen molar-refractivity contribution in [1.82, 2.24) is 9.80 Å². The highest BCUT2D eigenvalue weighted by Gasteiger charge is 2.37. The summed E-state index contributed by atoms with van der Waals surface area (Å²) in [6, 6.07) is 17.2. The fourth-order valence-corrected chi connectivity index (χ4v) is 4.08. The van der Waals surface area contributed by atoms with Gasteiger partial charge in [0.25, 0.3) is 11.1 Å². The van der Waals surface area contributed by atoms with Gasteiger partial charge in [-0.15, -0.1) is 0 Å². The van der Waals surface area contributed by atoms with Crippen molar-refractivity contribution < 1.29 is 23.9 Å². The van der Waals surface area contributed by atoms with Gasteiger partial charge in [-0.3, -0.25) is 19.3 Å². The fraction of sp³-hybridized carbons (Fsp3) is 0.261. The summed E-state index contributed by atoms with van der Waals surface area (Å²) in [6.45, 7) is 2.12. The lowest BCUT2D eigenvalue weighted by molar-refractivity contribution is -0.139. The Morgan fingerprint density at radius 1 is 1.03 bits per heavy atom. The van der Waals surface area contributed by atoms with Crippen molar-refractivity contribution >= 4 is 34.9 Å². The van der Waals surface area contributed by atoms with E-state index in [9.17, 15) is 14.4 Å². The average molecular weight is 439 g/mol. The molecule has 0 saturated carbocycles. The third-order valence-electron chi connectivity index (χ3n) is 4.96. The van der Waals surface area contributed by atoms with Crippen LogP contribution < -0.4 is 4.74 Å². The van der Waals surface area contributed by atoms with E-state index in [1.54, 1.807) is 11.0 Å². The van der Waals surface area contributed by atoms with E-state index in [2.05, 4.69) is 0 Å². The molecule has 0 radical (unpaired) electrons. The summed E-state index contributed by atoms with van der Waals surface area (Å²) in [5.41, 5.74) is 1.85. The number of imide groups is 1. The van der Waals surface area contributed by atoms with Gasteiger partial charge in [-0.25, -0.2) is 0 Å². The molecule has 160 valence electrons. The molecule has 8 heteroatoms. The number of carbonyl (C=O) groups is 3. The molecule has 0 atom stereocenters. The van der Waals surface area contributed by atoms with Crippen molar-refractivity contribution in [2.45, 2.75) is 6.61 Å². The molecule has 7 nitrogen and oxygen atoms in total. The summed E-state index contributed by atoms with van der Waals surface area (Å²) in [5, 5.41) is -0.430. The minimum Gasteiger partial charge on any atom is -0.489 e. The van der Waals surface area contributed by atoms with Crippen LogP contribution in [0.2, 0.25) is 0 Å². The predicted octanol–water partition coefficient (Wildman–Crippen LogP) is 3.16. The Morgan fingerprint density at radius 2 is 1.74 bits per heavy atom. The standard InChI is InChI=1S/C23H22N2O5S/c26-21(24-10-12-29-13-11-24)15-25-22(27)20(31-23(25)28)14-17-6-8-19(9-7-17)30-16-18-4-2-1-3-5-18/h1-9,14H,10-13,15-16H2/b20-14-. The minimum absolute atomic E-state index is 0.242. The number of carbonyl (C=O) groups excluding carboxylic acids is 3. The number of amides is 3. The van der Waals surface area contributed by atoms with Crippen LogP contribution in [0.15, 0.2) is 59.5 Å². The van der Waals surface area contributed by atoms with Crippen molar-refractivity contribution in [1.29, 1.82) is 0 Å². The van der Waals surface area contributed by atoms with Crippen LogP contribution in [0.1, 0.15) is 11.1 Å². The first kappa shape index (κ1) is 21.1. The van der Waals surface area contributed by atoms with Crippen LogP contribution in [0.3, 0.4) is 0 Å². The van der Waals surface area contributed by atoms with Crippen LogP contribution in [0, 0.1) is 0 Å². The monoisotopic (exact) mass is 438 g/mol. The normalized spacial score (nSPS) is 18.0. The second-order valence-corrected chi connectivity index (χ2v) is 8.10. The van der Waals surface area contributed by atoms with Gasteiger partial charge >= 0.3 is 0 Å². The maximum atomic E-state index is 12.7. The maximum absolute atomic E-state index is 12.7. The third kappa shape index (κ3) is 5.34. The Balaban J connectivity index is 1.36. The van der Waals surface area contributed by atoms with Gasteiger partial charge in [0, 0.05) is 13.1 Å². The lowest BCUT2D eigenvalue weighted by Gasteiger charge is -2.28. The summed E-state index contributed by atoms with van der Waals surface area (Å²) in [7, 11) is 0. The molecular weight excluding hydrogens is 416 g/mol. The number of thioether (sulfide) groups is 1. The lowest BCUT2D eigenvalue weighted by Crippen LogP contribution is -2.46. The van der Waals surface area contributed by atoms with Gasteiger partial charge in [0.1, 0.15) is 18.9 Å². The second kappa shape index (κ2) is 9.80. The summed E-state index contributed by atoms with van der Waals surface area (Å²) in [6.07, 6.45) is 1.66. The molecule has 3 amide bonds. The lowest BCUT2D eigenvalue weighted by atomic mass is 10.2. The Labute approximate surface area is 184 Å². The predicted molar refractivity (Wildman–Crippen MR) is 117 cm³/mol. The Kier molecular flexibility index (Phi) is 6.69. The molecule has 0 spiro atoms. The fourth-order valence-electron chi connectivity index (χ4n) is 3.24. The summed E-state index contributed by atoms with van der Waals surface area (Å²) in [4.78, 5) is 40.3. The second-order valence-electron chi connectivity index (χ2n) is 7.10. The minimum atomic E-state index is -0.444. The average Bonchev–Trinajstić information content (AvgIpc) is 3.07. The Hall–Kier alpha value is -3.10. The largest absolute Gasteiger partial charge is 0.489 e. The van der Waals surface area contributed by atoms with Crippen LogP contribution in [0.4, 0.5) is 4.79 Å². The van der Waals surface area contributed by atoms with Crippen molar-refractivity contribution in [2.24, 2.45) is 0 Å². The number of rotatable bonds is 6. The highest BCUT2D eigenvalue weighted by Crippen LogP contribution is 2.32. The van der Waals surface area contributed by atoms with Crippen molar-refractivity contribution in [3.8, 4) is 5.75 Å². The highest BCUT2D eigenvalue weighted by molar-refractivity contribution is 8.18. The molecule has 2 aliphatic rings. The zero-order chi connectivity index (χ0) is 21.6. The van der Waals surface area contributed by atoms with E-state index in [0.717, 1.165) is 27.8 Å². The molecule has 0 unspecified atom stereocenters. The summed E-state index contributed by atoms with van der Waals surface area (Å²) >= 11 is 0.849. The first-order valence-corrected chi connectivity index (χ1v) is 10.8. The molecule has 2 heterocycles. The van der Waals surface area contributed by atoms with E-state index in [1.165, 1.54) is 0 Å². The molecule has 0 aromatic heterocycles. The molecule has 0 bridgehead atoms. The Morgan fingerprint density at radius 3 is 2.45 bits per heavy atom. The van der Waals surface area contributed by atoms with Gasteiger partial charge in [0.15, 0.2) is 0 Å². The van der Waals surface area contributed by atoms with Crippen LogP contribution in [-0.4, -0.2) is 59.7 Å². The van der Waals surface area contributed by atoms with Gasteiger partial charge in [0.05, 0.1) is 18.1 Å². The topological polar surface area (TPSA) is 76.2 Å². The van der Waals surface area contributed by atoms with Gasteiger partial charge in [-0.2, -0.15) is 0 Å². The molecule has 31 heavy (non-hydrogen) atoms. The number of hydrogen-bond donors (Lipinski definition) is 0. The van der Waals surface area contributed by atoms with Gasteiger partial charge in [-0.1, -0.05) is 42.5 Å². The summed E-state index contributed by atoms with van der Waals surface area (Å²) in [5.74, 6) is 0.0259. The first-order valence-electron chi connectivity index (χ1n) is 9.98. The van der Waals surface area contributed by atoms with Crippen molar-refractivity contribution in [2.75, 3.05) is 32.8 Å². The SMILES string of the molecule is O=C(CN1C(=O)S/C(=C\c2ccc(OCc3ccccc3)cc2)C1=O)N1CCOCC1. The molecule has 0 aliphatic carbocycles. The number of benzene rings is 2. The van der Waals surface area contributed by atoms with Gasteiger partial charge < -0.3 is 14.4 Å². The molecule has 2 aromatic rings. The van der Waals surface area contributed by atoms with E-state index >= 15 is 0 Å². The number of nitrogens with zero attached hydrogens (tertiary/aromatic N) is 2. The van der Waals surface area contributed by atoms with Crippen LogP contribution in [0.5, 0.6) is 5.75 Å². The van der Waals surface area contributed by atoms with Crippen molar-refractivity contribution in [3.05, 3.63) is 70.6 Å². The van der Waals surface area contributed by atoms with E-state index in [0.29, 0.717) is 43.6 Å². The number of ether oxygens (including phenoxy) is 2. The molecular formula is C23H22N2O5S. The molecule has 4 rings (SSSR count). The molecule has 2 aliphatic heterocycles. The smallest absolute Gasteiger partial charge is 0.294 e. The van der Waals surface area contributed by atoms with E-state index < -0.39 is 11.1 Å².